The zero-order chi connectivity index (χ0) is 18.4. The fraction of sp³-hybridized carbons (Fsp3) is 0.231. The molecule has 0 bridgehead atoms. The number of carbonyl (C=O) groups excluding carboxylic acids is 1. The molecule has 0 aliphatic carbocycles. The number of hydrogen-bond donors (Lipinski definition) is 3. The Kier molecular flexibility index (Phi) is 6.65. The van der Waals surface area contributed by atoms with Crippen molar-refractivity contribution in [3.05, 3.63) is 42.5 Å². The molecule has 1 unspecified atom stereocenters. The second-order valence-electron chi connectivity index (χ2n) is 4.63. The minimum Gasteiger partial charge on any atom is -0.497 e. The van der Waals surface area contributed by atoms with Crippen molar-refractivity contribution in [1.29, 1.82) is 0 Å². The van der Waals surface area contributed by atoms with Crippen molar-refractivity contribution in [3.8, 4) is 5.75 Å². The SMILES string of the molecule is COc1cccc(C(=O)NC(NC(=S)Nn2cnnc2)C(Cl)(Cl)Cl)c1. The van der Waals surface area contributed by atoms with E-state index in [-0.39, 0.29) is 5.11 Å². The molecule has 2 rings (SSSR count). The van der Waals surface area contributed by atoms with Crippen LogP contribution in [0.25, 0.3) is 0 Å². The number of thiocarbonyl (C=S) groups is 1. The predicted molar refractivity (Wildman–Crippen MR) is 99.7 cm³/mol. The van der Waals surface area contributed by atoms with Gasteiger partial charge in [0.25, 0.3) is 5.91 Å². The summed E-state index contributed by atoms with van der Waals surface area (Å²) >= 11 is 22.9. The van der Waals surface area contributed by atoms with Gasteiger partial charge in [0.2, 0.25) is 3.79 Å². The van der Waals surface area contributed by atoms with Gasteiger partial charge in [-0.15, -0.1) is 10.2 Å². The third-order valence-corrected chi connectivity index (χ3v) is 3.72. The quantitative estimate of drug-likeness (QED) is 0.384. The van der Waals surface area contributed by atoms with Crippen LogP contribution in [0.2, 0.25) is 0 Å². The molecule has 1 aromatic carbocycles. The predicted octanol–water partition coefficient (Wildman–Crippen LogP) is 1.83. The van der Waals surface area contributed by atoms with E-state index in [0.717, 1.165) is 0 Å². The summed E-state index contributed by atoms with van der Waals surface area (Å²) in [5.74, 6) is 0.0469. The number of methoxy groups -OCH3 is 1. The fourth-order valence-corrected chi connectivity index (χ4v) is 2.27. The number of aromatic nitrogens is 3. The van der Waals surface area contributed by atoms with Crippen LogP contribution in [0.3, 0.4) is 0 Å². The first-order valence-corrected chi connectivity index (χ1v) is 8.27. The fourth-order valence-electron chi connectivity index (χ4n) is 1.72. The van der Waals surface area contributed by atoms with Crippen LogP contribution in [-0.2, 0) is 0 Å². The molecule has 1 heterocycles. The van der Waals surface area contributed by atoms with Crippen LogP contribution in [0, 0.1) is 0 Å². The number of amides is 1. The first kappa shape index (κ1) is 19.5. The van der Waals surface area contributed by atoms with E-state index in [1.165, 1.54) is 24.4 Å². The molecule has 25 heavy (non-hydrogen) atoms. The molecule has 12 heteroatoms. The Labute approximate surface area is 163 Å². The summed E-state index contributed by atoms with van der Waals surface area (Å²) < 4.78 is 4.60. The average molecular weight is 424 g/mol. The summed E-state index contributed by atoms with van der Waals surface area (Å²) in [6.07, 6.45) is 1.66. The largest absolute Gasteiger partial charge is 0.497 e. The second-order valence-corrected chi connectivity index (χ2v) is 7.41. The van der Waals surface area contributed by atoms with Crippen LogP contribution in [0.15, 0.2) is 36.9 Å². The lowest BCUT2D eigenvalue weighted by Gasteiger charge is -2.27. The van der Waals surface area contributed by atoms with Gasteiger partial charge in [0.05, 0.1) is 7.11 Å². The smallest absolute Gasteiger partial charge is 0.253 e. The molecule has 0 aliphatic heterocycles. The monoisotopic (exact) mass is 422 g/mol. The topological polar surface area (TPSA) is 93.1 Å². The lowest BCUT2D eigenvalue weighted by Crippen LogP contribution is -2.56. The van der Waals surface area contributed by atoms with E-state index in [4.69, 9.17) is 51.8 Å². The number of benzene rings is 1. The normalized spacial score (nSPS) is 12.2. The lowest BCUT2D eigenvalue weighted by atomic mass is 10.2. The molecule has 0 saturated heterocycles. The van der Waals surface area contributed by atoms with Crippen LogP contribution in [-0.4, -0.2) is 43.0 Å². The molecule has 0 spiro atoms. The van der Waals surface area contributed by atoms with E-state index in [0.29, 0.717) is 11.3 Å². The minimum absolute atomic E-state index is 0.0852. The van der Waals surface area contributed by atoms with Crippen LogP contribution in [0.1, 0.15) is 10.4 Å². The summed E-state index contributed by atoms with van der Waals surface area (Å²) in [5.41, 5.74) is 3.05. The molecule has 0 aliphatic rings. The number of alkyl halides is 3. The van der Waals surface area contributed by atoms with Gasteiger partial charge in [-0.2, -0.15) is 0 Å². The van der Waals surface area contributed by atoms with Crippen molar-refractivity contribution in [3.63, 3.8) is 0 Å². The Balaban J connectivity index is 2.06. The number of halogens is 3. The van der Waals surface area contributed by atoms with Gasteiger partial charge in [0.15, 0.2) is 5.11 Å². The molecule has 0 saturated carbocycles. The van der Waals surface area contributed by atoms with Gasteiger partial charge in [-0.3, -0.25) is 10.2 Å². The van der Waals surface area contributed by atoms with E-state index < -0.39 is 15.9 Å². The van der Waals surface area contributed by atoms with E-state index in [9.17, 15) is 4.79 Å². The number of hydrogen-bond acceptors (Lipinski definition) is 5. The molecule has 1 atom stereocenters. The molecule has 2 aromatic rings. The summed E-state index contributed by atoms with van der Waals surface area (Å²) in [4.78, 5) is 12.4. The highest BCUT2D eigenvalue weighted by Crippen LogP contribution is 2.29. The van der Waals surface area contributed by atoms with Gasteiger partial charge < -0.3 is 15.4 Å². The highest BCUT2D eigenvalue weighted by atomic mass is 35.6. The van der Waals surface area contributed by atoms with Crippen LogP contribution in [0.5, 0.6) is 5.75 Å². The number of nitrogens with zero attached hydrogens (tertiary/aromatic N) is 3. The number of rotatable bonds is 5. The molecular weight excluding hydrogens is 411 g/mol. The number of carbonyl (C=O) groups is 1. The Morgan fingerprint density at radius 1 is 1.28 bits per heavy atom. The van der Waals surface area contributed by atoms with Crippen molar-refractivity contribution in [1.82, 2.24) is 25.5 Å². The lowest BCUT2D eigenvalue weighted by molar-refractivity contribution is 0.0934. The van der Waals surface area contributed by atoms with E-state index in [1.54, 1.807) is 24.3 Å². The van der Waals surface area contributed by atoms with Gasteiger partial charge >= 0.3 is 0 Å². The summed E-state index contributed by atoms with van der Waals surface area (Å²) in [6, 6.07) is 6.53. The molecule has 8 nitrogen and oxygen atoms in total. The first-order chi connectivity index (χ1) is 11.8. The third-order valence-electron chi connectivity index (χ3n) is 2.86. The molecule has 3 N–H and O–H groups in total. The third kappa shape index (κ3) is 5.89. The molecule has 134 valence electrons. The second kappa shape index (κ2) is 8.52. The zero-order valence-corrected chi connectivity index (χ0v) is 15.8. The Morgan fingerprint density at radius 3 is 2.56 bits per heavy atom. The standard InChI is InChI=1S/C13H13Cl3N6O2S/c1-24-9-4-2-3-8(5-9)10(23)19-11(13(14,15)16)20-12(25)21-22-6-17-18-7-22/h2-7,11H,1H3,(H,19,23)(H2,20,21,25). The minimum atomic E-state index is -1.87. The highest BCUT2D eigenvalue weighted by molar-refractivity contribution is 7.80. The maximum atomic E-state index is 12.4. The first-order valence-electron chi connectivity index (χ1n) is 6.73. The van der Waals surface area contributed by atoms with Gasteiger partial charge in [-0.05, 0) is 30.4 Å². The van der Waals surface area contributed by atoms with Crippen LogP contribution in [0.4, 0.5) is 0 Å². The van der Waals surface area contributed by atoms with E-state index in [1.807, 2.05) is 0 Å². The molecule has 1 aromatic heterocycles. The Hall–Kier alpha value is -1.81. The highest BCUT2D eigenvalue weighted by Gasteiger charge is 2.35. The van der Waals surface area contributed by atoms with Gasteiger partial charge in [0, 0.05) is 5.56 Å². The zero-order valence-electron chi connectivity index (χ0n) is 12.7. The van der Waals surface area contributed by atoms with Crippen LogP contribution < -0.4 is 20.8 Å². The molecule has 1 amide bonds. The van der Waals surface area contributed by atoms with Crippen molar-refractivity contribution >= 4 is 58.0 Å². The summed E-state index contributed by atoms with van der Waals surface area (Å²) in [7, 11) is 1.50. The van der Waals surface area contributed by atoms with Crippen molar-refractivity contribution < 1.29 is 9.53 Å². The van der Waals surface area contributed by atoms with Crippen molar-refractivity contribution in [2.45, 2.75) is 9.96 Å². The van der Waals surface area contributed by atoms with E-state index >= 15 is 0 Å². The van der Waals surface area contributed by atoms with Gasteiger partial charge in [-0.1, -0.05) is 40.9 Å². The van der Waals surface area contributed by atoms with E-state index in [2.05, 4.69) is 26.3 Å². The Morgan fingerprint density at radius 2 is 1.96 bits per heavy atom. The summed E-state index contributed by atoms with van der Waals surface area (Å²) in [6.45, 7) is 0. The van der Waals surface area contributed by atoms with Gasteiger partial charge in [0.1, 0.15) is 24.6 Å². The van der Waals surface area contributed by atoms with Crippen LogP contribution >= 0.6 is 47.0 Å². The average Bonchev–Trinajstić information content (AvgIpc) is 3.06. The Bertz CT molecular complexity index is 738. The maximum Gasteiger partial charge on any atom is 0.253 e. The molecular formula is C13H13Cl3N6O2S. The van der Waals surface area contributed by atoms with Crippen molar-refractivity contribution in [2.75, 3.05) is 12.5 Å². The van der Waals surface area contributed by atoms with Gasteiger partial charge in [-0.25, -0.2) is 4.68 Å². The number of nitrogens with one attached hydrogen (secondary N) is 3. The summed E-state index contributed by atoms with van der Waals surface area (Å²) in [5, 5.41) is 12.6. The molecule has 0 fully saturated rings. The maximum absolute atomic E-state index is 12.4. The van der Waals surface area contributed by atoms with Crippen molar-refractivity contribution in [2.24, 2.45) is 0 Å². The number of ether oxygens (including phenoxy) is 1. The molecule has 0 radical (unpaired) electrons.